The number of nitro benzene ring substituents is 2. The van der Waals surface area contributed by atoms with Crippen LogP contribution in [0.2, 0.25) is 0 Å². The van der Waals surface area contributed by atoms with Crippen molar-refractivity contribution in [2.75, 3.05) is 6.61 Å². The van der Waals surface area contributed by atoms with Gasteiger partial charge in [-0.3, -0.25) is 25.0 Å². The topological polar surface area (TPSA) is 137 Å². The molecule has 0 heterocycles. The maximum absolute atomic E-state index is 12.0. The lowest BCUT2D eigenvalue weighted by atomic mass is 10.1. The normalized spacial score (nSPS) is 10.7. The molecule has 27 heavy (non-hydrogen) atoms. The van der Waals surface area contributed by atoms with Gasteiger partial charge in [-0.05, 0) is 30.7 Å². The second kappa shape index (κ2) is 9.15. The summed E-state index contributed by atoms with van der Waals surface area (Å²) >= 11 is 0. The number of nitrogens with zero attached hydrogens (tertiary/aromatic N) is 3. The van der Waals surface area contributed by atoms with Crippen molar-refractivity contribution >= 4 is 23.5 Å². The number of nitro groups is 2. The fourth-order valence-electron chi connectivity index (χ4n) is 2.12. The third-order valence-electron chi connectivity index (χ3n) is 3.51. The Morgan fingerprint density at radius 1 is 1.11 bits per heavy atom. The van der Waals surface area contributed by atoms with Crippen molar-refractivity contribution in [3.8, 4) is 0 Å². The number of amides is 1. The Kier molecular flexibility index (Phi) is 6.67. The van der Waals surface area contributed by atoms with Gasteiger partial charge in [-0.2, -0.15) is 5.10 Å². The summed E-state index contributed by atoms with van der Waals surface area (Å²) in [5, 5.41) is 25.4. The van der Waals surface area contributed by atoms with E-state index >= 15 is 0 Å². The van der Waals surface area contributed by atoms with Gasteiger partial charge in [0.25, 0.3) is 17.3 Å². The summed E-state index contributed by atoms with van der Waals surface area (Å²) in [4.78, 5) is 32.5. The van der Waals surface area contributed by atoms with Gasteiger partial charge in [0, 0.05) is 42.0 Å². The molecule has 10 heteroatoms. The van der Waals surface area contributed by atoms with Crippen LogP contribution in [0.15, 0.2) is 47.6 Å². The summed E-state index contributed by atoms with van der Waals surface area (Å²) in [6.45, 7) is 2.54. The van der Waals surface area contributed by atoms with Gasteiger partial charge in [0.15, 0.2) is 0 Å². The number of ether oxygens (including phenoxy) is 1. The zero-order valence-electron chi connectivity index (χ0n) is 14.3. The SMILES string of the molecule is CCOCc1ccc([N+](=O)[O-])cc1/C=N/NC(=O)c1ccc([N+](=O)[O-])cc1. The average molecular weight is 372 g/mol. The summed E-state index contributed by atoms with van der Waals surface area (Å²) in [6.07, 6.45) is 1.28. The van der Waals surface area contributed by atoms with Crippen molar-refractivity contribution in [2.24, 2.45) is 5.10 Å². The summed E-state index contributed by atoms with van der Waals surface area (Å²) in [5.41, 5.74) is 3.33. The molecule has 0 saturated heterocycles. The van der Waals surface area contributed by atoms with Gasteiger partial charge in [-0.15, -0.1) is 0 Å². The van der Waals surface area contributed by atoms with Gasteiger partial charge in [0.2, 0.25) is 0 Å². The summed E-state index contributed by atoms with van der Waals surface area (Å²) in [6, 6.07) is 9.27. The van der Waals surface area contributed by atoms with Crippen molar-refractivity contribution in [1.29, 1.82) is 0 Å². The largest absolute Gasteiger partial charge is 0.377 e. The Morgan fingerprint density at radius 2 is 1.74 bits per heavy atom. The molecular formula is C17H16N4O6. The predicted octanol–water partition coefficient (Wildman–Crippen LogP) is 2.80. The number of hydrogen-bond acceptors (Lipinski definition) is 7. The first-order valence-corrected chi connectivity index (χ1v) is 7.85. The highest BCUT2D eigenvalue weighted by Gasteiger charge is 2.11. The van der Waals surface area contributed by atoms with Gasteiger partial charge < -0.3 is 4.74 Å². The van der Waals surface area contributed by atoms with E-state index < -0.39 is 15.8 Å². The van der Waals surface area contributed by atoms with Crippen LogP contribution in [0.5, 0.6) is 0 Å². The lowest BCUT2D eigenvalue weighted by Crippen LogP contribution is -2.17. The van der Waals surface area contributed by atoms with Gasteiger partial charge >= 0.3 is 0 Å². The van der Waals surface area contributed by atoms with Crippen LogP contribution in [-0.4, -0.2) is 28.6 Å². The zero-order chi connectivity index (χ0) is 19.8. The molecule has 10 nitrogen and oxygen atoms in total. The molecule has 0 unspecified atom stereocenters. The first-order valence-electron chi connectivity index (χ1n) is 7.85. The van der Waals surface area contributed by atoms with E-state index in [1.54, 1.807) is 6.07 Å². The molecular weight excluding hydrogens is 356 g/mol. The highest BCUT2D eigenvalue weighted by Crippen LogP contribution is 2.17. The molecule has 0 bridgehead atoms. The average Bonchev–Trinajstić information content (AvgIpc) is 2.66. The van der Waals surface area contributed by atoms with E-state index in [-0.39, 0.29) is 23.5 Å². The standard InChI is InChI=1S/C17H16N4O6/c1-2-27-11-13-5-8-16(21(25)26)9-14(13)10-18-19-17(22)12-3-6-15(7-4-12)20(23)24/h3-10H,2,11H2,1H3,(H,19,22)/b18-10+. The lowest BCUT2D eigenvalue weighted by Gasteiger charge is -2.06. The maximum Gasteiger partial charge on any atom is 0.271 e. The molecule has 140 valence electrons. The molecule has 0 saturated carbocycles. The molecule has 0 aromatic heterocycles. The lowest BCUT2D eigenvalue weighted by molar-refractivity contribution is -0.385. The van der Waals surface area contributed by atoms with Gasteiger partial charge in [0.1, 0.15) is 0 Å². The maximum atomic E-state index is 12.0. The summed E-state index contributed by atoms with van der Waals surface area (Å²) < 4.78 is 5.31. The number of rotatable bonds is 8. The monoisotopic (exact) mass is 372 g/mol. The fourth-order valence-corrected chi connectivity index (χ4v) is 2.12. The predicted molar refractivity (Wildman–Crippen MR) is 96.6 cm³/mol. The number of hydrazone groups is 1. The van der Waals surface area contributed by atoms with E-state index in [2.05, 4.69) is 10.5 Å². The minimum Gasteiger partial charge on any atom is -0.377 e. The number of carbonyl (C=O) groups is 1. The highest BCUT2D eigenvalue weighted by atomic mass is 16.6. The van der Waals surface area contributed by atoms with Crippen molar-refractivity contribution in [2.45, 2.75) is 13.5 Å². The van der Waals surface area contributed by atoms with E-state index in [9.17, 15) is 25.0 Å². The third-order valence-corrected chi connectivity index (χ3v) is 3.51. The number of hydrogen-bond donors (Lipinski definition) is 1. The Morgan fingerprint density at radius 3 is 2.33 bits per heavy atom. The first-order chi connectivity index (χ1) is 12.9. The van der Waals surface area contributed by atoms with E-state index in [1.807, 2.05) is 6.92 Å². The molecule has 1 amide bonds. The number of nitrogens with one attached hydrogen (secondary N) is 1. The van der Waals surface area contributed by atoms with E-state index in [1.165, 1.54) is 42.6 Å². The number of carbonyl (C=O) groups excluding carboxylic acids is 1. The van der Waals surface area contributed by atoms with E-state index in [0.717, 1.165) is 0 Å². The molecule has 1 N–H and O–H groups in total. The highest BCUT2D eigenvalue weighted by molar-refractivity contribution is 5.95. The van der Waals surface area contributed by atoms with Crippen LogP contribution in [0.4, 0.5) is 11.4 Å². The second-order valence-corrected chi connectivity index (χ2v) is 5.28. The minimum absolute atomic E-state index is 0.113. The first kappa shape index (κ1) is 19.7. The second-order valence-electron chi connectivity index (χ2n) is 5.28. The Hall–Kier alpha value is -3.66. The van der Waals surface area contributed by atoms with Crippen molar-refractivity contribution < 1.29 is 19.4 Å². The van der Waals surface area contributed by atoms with Crippen molar-refractivity contribution in [3.05, 3.63) is 79.4 Å². The van der Waals surface area contributed by atoms with Crippen molar-refractivity contribution in [3.63, 3.8) is 0 Å². The molecule has 0 spiro atoms. The molecule has 0 aliphatic carbocycles. The number of non-ortho nitro benzene ring substituents is 2. The number of benzene rings is 2. The quantitative estimate of drug-likeness (QED) is 0.430. The Labute approximate surface area is 153 Å². The van der Waals surface area contributed by atoms with Gasteiger partial charge in [0.05, 0.1) is 22.7 Å². The molecule has 0 aliphatic rings. The zero-order valence-corrected chi connectivity index (χ0v) is 14.3. The molecule has 0 atom stereocenters. The van der Waals surface area contributed by atoms with Crippen LogP contribution in [0.1, 0.15) is 28.4 Å². The third kappa shape index (κ3) is 5.41. The van der Waals surface area contributed by atoms with Gasteiger partial charge in [-0.1, -0.05) is 0 Å². The van der Waals surface area contributed by atoms with Crippen LogP contribution in [0, 0.1) is 20.2 Å². The van der Waals surface area contributed by atoms with Crippen molar-refractivity contribution in [1.82, 2.24) is 5.43 Å². The van der Waals surface area contributed by atoms with Crippen LogP contribution < -0.4 is 5.43 Å². The van der Waals surface area contributed by atoms with Crippen LogP contribution in [-0.2, 0) is 11.3 Å². The smallest absolute Gasteiger partial charge is 0.271 e. The molecule has 0 radical (unpaired) electrons. The van der Waals surface area contributed by atoms with Crippen LogP contribution in [0.25, 0.3) is 0 Å². The van der Waals surface area contributed by atoms with Gasteiger partial charge in [-0.25, -0.2) is 5.43 Å². The Bertz CT molecular complexity index is 879. The summed E-state index contributed by atoms with van der Waals surface area (Å²) in [7, 11) is 0. The minimum atomic E-state index is -0.571. The Balaban J connectivity index is 2.13. The van der Waals surface area contributed by atoms with E-state index in [4.69, 9.17) is 4.74 Å². The van der Waals surface area contributed by atoms with Crippen LogP contribution >= 0.6 is 0 Å². The molecule has 2 aromatic rings. The van der Waals surface area contributed by atoms with Crippen LogP contribution in [0.3, 0.4) is 0 Å². The molecule has 2 aromatic carbocycles. The fraction of sp³-hybridized carbons (Fsp3) is 0.176. The molecule has 2 rings (SSSR count). The molecule has 0 aliphatic heterocycles. The summed E-state index contributed by atoms with van der Waals surface area (Å²) in [5.74, 6) is -0.571. The van der Waals surface area contributed by atoms with E-state index in [0.29, 0.717) is 17.7 Å². The molecule has 0 fully saturated rings.